The molecule has 122 valence electrons. The van der Waals surface area contributed by atoms with Crippen LogP contribution in [-0.2, 0) is 20.3 Å². The van der Waals surface area contributed by atoms with Crippen LogP contribution in [0, 0.1) is 0 Å². The first-order valence-electron chi connectivity index (χ1n) is 7.69. The quantitative estimate of drug-likeness (QED) is 0.921. The van der Waals surface area contributed by atoms with Crippen LogP contribution in [0.2, 0.25) is 0 Å². The summed E-state index contributed by atoms with van der Waals surface area (Å²) in [5.41, 5.74) is 9.59. The zero-order valence-corrected chi connectivity index (χ0v) is 13.7. The number of ether oxygens (including phenoxy) is 1. The van der Waals surface area contributed by atoms with Crippen LogP contribution in [0.25, 0.3) is 11.1 Å². The molecular weight excluding hydrogens is 324 g/mol. The van der Waals surface area contributed by atoms with Gasteiger partial charge in [0.05, 0.1) is 5.25 Å². The van der Waals surface area contributed by atoms with Gasteiger partial charge < -0.3 is 10.5 Å². The standard InChI is InChI=1S/C18H16N2O3S/c19-18(21)15-9-23-16(20-15)10-24(22)17-13-7-3-1-5-11(13)12-6-2-4-8-14(12)17/h1-8,15,17H,9-10H2,(H2,19,21). The molecule has 2 aromatic carbocycles. The molecule has 0 saturated heterocycles. The van der Waals surface area contributed by atoms with Crippen LogP contribution in [-0.4, -0.2) is 34.4 Å². The van der Waals surface area contributed by atoms with E-state index in [0.717, 1.165) is 22.3 Å². The van der Waals surface area contributed by atoms with Gasteiger partial charge in [-0.3, -0.25) is 9.00 Å². The van der Waals surface area contributed by atoms with Crippen LogP contribution in [0.5, 0.6) is 0 Å². The Bertz CT molecular complexity index is 833. The van der Waals surface area contributed by atoms with E-state index in [1.807, 2.05) is 36.4 Å². The van der Waals surface area contributed by atoms with Crippen molar-refractivity contribution in [1.29, 1.82) is 0 Å². The van der Waals surface area contributed by atoms with E-state index in [2.05, 4.69) is 17.1 Å². The number of benzene rings is 2. The largest absolute Gasteiger partial charge is 0.477 e. The zero-order valence-electron chi connectivity index (χ0n) is 12.8. The van der Waals surface area contributed by atoms with Crippen LogP contribution in [0.4, 0.5) is 0 Å². The molecule has 2 unspecified atom stereocenters. The number of nitrogens with two attached hydrogens (primary N) is 1. The number of nitrogens with zero attached hydrogens (tertiary/aromatic N) is 1. The molecule has 0 aromatic heterocycles. The molecule has 24 heavy (non-hydrogen) atoms. The van der Waals surface area contributed by atoms with Crippen molar-refractivity contribution < 1.29 is 13.7 Å². The van der Waals surface area contributed by atoms with Gasteiger partial charge >= 0.3 is 0 Å². The number of carbonyl (C=O) groups is 1. The van der Waals surface area contributed by atoms with Crippen molar-refractivity contribution >= 4 is 22.6 Å². The third-order valence-corrected chi connectivity index (χ3v) is 5.91. The third-order valence-electron chi connectivity index (χ3n) is 4.34. The molecule has 2 N–H and O–H groups in total. The minimum atomic E-state index is -1.24. The minimum Gasteiger partial charge on any atom is -0.477 e. The Morgan fingerprint density at radius 1 is 1.12 bits per heavy atom. The molecule has 6 heteroatoms. The predicted octanol–water partition coefficient (Wildman–Crippen LogP) is 1.79. The summed E-state index contributed by atoms with van der Waals surface area (Å²) < 4.78 is 18.4. The second-order valence-electron chi connectivity index (χ2n) is 5.83. The fourth-order valence-corrected chi connectivity index (χ4v) is 4.79. The molecule has 1 amide bonds. The second kappa shape index (κ2) is 5.87. The van der Waals surface area contributed by atoms with Crippen molar-refractivity contribution in [3.8, 4) is 11.1 Å². The highest BCUT2D eigenvalue weighted by molar-refractivity contribution is 7.86. The third kappa shape index (κ3) is 2.43. The lowest BCUT2D eigenvalue weighted by Gasteiger charge is -2.13. The molecule has 2 atom stereocenters. The number of carbonyl (C=O) groups excluding carboxylic acids is 1. The van der Waals surface area contributed by atoms with Crippen LogP contribution >= 0.6 is 0 Å². The van der Waals surface area contributed by atoms with Gasteiger partial charge in [0.1, 0.15) is 12.4 Å². The summed E-state index contributed by atoms with van der Waals surface area (Å²) in [6.45, 7) is 0.139. The summed E-state index contributed by atoms with van der Waals surface area (Å²) in [6, 6.07) is 15.4. The molecule has 2 aromatic rings. The summed E-state index contributed by atoms with van der Waals surface area (Å²) in [5.74, 6) is 0.00300. The molecular formula is C18H16N2O3S. The van der Waals surface area contributed by atoms with Crippen LogP contribution in [0.15, 0.2) is 53.5 Å². The van der Waals surface area contributed by atoms with E-state index in [9.17, 15) is 9.00 Å². The molecule has 5 nitrogen and oxygen atoms in total. The van der Waals surface area contributed by atoms with E-state index in [1.165, 1.54) is 0 Å². The summed E-state index contributed by atoms with van der Waals surface area (Å²) in [7, 11) is -1.24. The molecule has 0 fully saturated rings. The molecule has 0 bridgehead atoms. The van der Waals surface area contributed by atoms with Gasteiger partial charge in [0.25, 0.3) is 0 Å². The molecule has 4 rings (SSSR count). The van der Waals surface area contributed by atoms with Gasteiger partial charge in [-0.2, -0.15) is 0 Å². The van der Waals surface area contributed by atoms with E-state index < -0.39 is 22.7 Å². The van der Waals surface area contributed by atoms with Crippen molar-refractivity contribution in [1.82, 2.24) is 0 Å². The summed E-state index contributed by atoms with van der Waals surface area (Å²) in [5, 5.41) is -0.212. The molecule has 0 saturated carbocycles. The minimum absolute atomic E-state index is 0.139. The Morgan fingerprint density at radius 3 is 2.25 bits per heavy atom. The van der Waals surface area contributed by atoms with Gasteiger partial charge in [-0.25, -0.2) is 4.99 Å². The average molecular weight is 340 g/mol. The monoisotopic (exact) mass is 340 g/mol. The van der Waals surface area contributed by atoms with Crippen LogP contribution in [0.3, 0.4) is 0 Å². The molecule has 0 radical (unpaired) electrons. The lowest BCUT2D eigenvalue weighted by atomic mass is 10.1. The van der Waals surface area contributed by atoms with Gasteiger partial charge in [0, 0.05) is 10.8 Å². The van der Waals surface area contributed by atoms with Gasteiger partial charge in [-0.15, -0.1) is 0 Å². The van der Waals surface area contributed by atoms with Crippen molar-refractivity contribution in [2.75, 3.05) is 12.4 Å². The fourth-order valence-electron chi connectivity index (χ4n) is 3.25. The lowest BCUT2D eigenvalue weighted by molar-refractivity contribution is -0.119. The molecule has 2 aliphatic rings. The number of primary amides is 1. The first-order valence-corrected chi connectivity index (χ1v) is 9.07. The first-order chi connectivity index (χ1) is 11.6. The summed E-state index contributed by atoms with van der Waals surface area (Å²) >= 11 is 0. The number of fused-ring (bicyclic) bond motifs is 3. The Hall–Kier alpha value is -2.47. The SMILES string of the molecule is NC(=O)C1COC(CS(=O)C2c3ccccc3-c3ccccc32)=N1. The average Bonchev–Trinajstić information content (AvgIpc) is 3.17. The van der Waals surface area contributed by atoms with Gasteiger partial charge in [-0.1, -0.05) is 48.5 Å². The smallest absolute Gasteiger partial charge is 0.245 e. The maximum absolute atomic E-state index is 13.0. The Labute approximate surface area is 142 Å². The summed E-state index contributed by atoms with van der Waals surface area (Å²) in [4.78, 5) is 15.3. The lowest BCUT2D eigenvalue weighted by Crippen LogP contribution is -2.27. The molecule has 1 aliphatic heterocycles. The number of rotatable bonds is 4. The number of aliphatic imine (C=N–C) groups is 1. The number of amides is 1. The molecule has 1 heterocycles. The highest BCUT2D eigenvalue weighted by Gasteiger charge is 2.34. The van der Waals surface area contributed by atoms with E-state index in [0.29, 0.717) is 5.90 Å². The van der Waals surface area contributed by atoms with Crippen molar-refractivity contribution in [3.05, 3.63) is 59.7 Å². The molecule has 0 spiro atoms. The van der Waals surface area contributed by atoms with E-state index in [1.54, 1.807) is 0 Å². The van der Waals surface area contributed by atoms with Crippen LogP contribution in [0.1, 0.15) is 16.4 Å². The van der Waals surface area contributed by atoms with Crippen molar-refractivity contribution in [2.24, 2.45) is 10.7 Å². The maximum atomic E-state index is 13.0. The van der Waals surface area contributed by atoms with Crippen molar-refractivity contribution in [2.45, 2.75) is 11.3 Å². The predicted molar refractivity (Wildman–Crippen MR) is 93.1 cm³/mol. The van der Waals surface area contributed by atoms with Gasteiger partial charge in [0.2, 0.25) is 5.91 Å². The van der Waals surface area contributed by atoms with E-state index in [-0.39, 0.29) is 17.6 Å². The van der Waals surface area contributed by atoms with Gasteiger partial charge in [-0.05, 0) is 22.3 Å². The molecule has 1 aliphatic carbocycles. The Morgan fingerprint density at radius 2 is 1.71 bits per heavy atom. The van der Waals surface area contributed by atoms with E-state index >= 15 is 0 Å². The summed E-state index contributed by atoms with van der Waals surface area (Å²) in [6.07, 6.45) is 0. The second-order valence-corrected chi connectivity index (χ2v) is 7.35. The Kier molecular flexibility index (Phi) is 3.69. The van der Waals surface area contributed by atoms with Crippen LogP contribution < -0.4 is 5.73 Å². The topological polar surface area (TPSA) is 81.8 Å². The van der Waals surface area contributed by atoms with Gasteiger partial charge in [0.15, 0.2) is 11.9 Å². The zero-order chi connectivity index (χ0) is 16.7. The number of hydrogen-bond donors (Lipinski definition) is 1. The highest BCUT2D eigenvalue weighted by atomic mass is 32.2. The number of hydrogen-bond acceptors (Lipinski definition) is 4. The Balaban J connectivity index is 1.66. The van der Waals surface area contributed by atoms with Crippen molar-refractivity contribution in [3.63, 3.8) is 0 Å². The fraction of sp³-hybridized carbons (Fsp3) is 0.222. The highest BCUT2D eigenvalue weighted by Crippen LogP contribution is 2.46. The normalized spacial score (nSPS) is 20.0. The van der Waals surface area contributed by atoms with E-state index in [4.69, 9.17) is 10.5 Å². The maximum Gasteiger partial charge on any atom is 0.245 e. The first kappa shape index (κ1) is 15.1.